The van der Waals surface area contributed by atoms with Gasteiger partial charge in [-0.25, -0.2) is 23.4 Å². The molecule has 1 N–H and O–H groups in total. The van der Waals surface area contributed by atoms with Crippen molar-refractivity contribution >= 4 is 33.6 Å². The molecule has 0 spiro atoms. The third-order valence-electron chi connectivity index (χ3n) is 9.50. The van der Waals surface area contributed by atoms with E-state index in [0.717, 1.165) is 38.6 Å². The van der Waals surface area contributed by atoms with E-state index in [2.05, 4.69) is 26.2 Å². The highest BCUT2D eigenvalue weighted by molar-refractivity contribution is 6.03. The van der Waals surface area contributed by atoms with Crippen LogP contribution in [0.15, 0.2) is 30.5 Å². The van der Waals surface area contributed by atoms with Crippen LogP contribution in [0.1, 0.15) is 44.1 Å². The molecular weight excluding hydrogens is 623 g/mol. The van der Waals surface area contributed by atoms with E-state index in [-0.39, 0.29) is 46.1 Å². The van der Waals surface area contributed by atoms with E-state index in [1.54, 1.807) is 0 Å². The van der Waals surface area contributed by atoms with Crippen LogP contribution in [0, 0.1) is 24.0 Å². The first kappa shape index (κ1) is 31.9. The summed E-state index contributed by atoms with van der Waals surface area (Å²) in [5, 5.41) is 2.86. The average Bonchev–Trinajstić information content (AvgIpc) is 3.45. The van der Waals surface area contributed by atoms with Crippen molar-refractivity contribution in [1.82, 2.24) is 30.2 Å². The van der Waals surface area contributed by atoms with Gasteiger partial charge in [-0.15, -0.1) is 6.42 Å². The van der Waals surface area contributed by atoms with Crippen LogP contribution in [0.3, 0.4) is 0 Å². The number of anilines is 1. The predicted molar refractivity (Wildman–Crippen MR) is 176 cm³/mol. The molecule has 7 rings (SSSR count). The molecule has 2 aromatic heterocycles. The molecule has 3 aliphatic rings. The molecule has 0 saturated carbocycles. The standard InChI is InChI=1S/C35H36F3N7O3/c1-4-24-27(37)10-9-21-15-23(48-34(46)43(2)3)16-25(28(21)24)30-29(38)31-26(18-39-30)32(45-14-7-5-6-12-40-45)42-33(41-31)47-20-35-11-8-13-44(35)19-22(36)17-35/h1,9-10,15-16,18,22,40H,5-8,11-14,17,19-20H2,2-3H3/t22-,35+/m1/s1. The lowest BCUT2D eigenvalue weighted by Crippen LogP contribution is -2.43. The number of halogens is 3. The molecule has 4 aromatic rings. The molecule has 3 aliphatic heterocycles. The highest BCUT2D eigenvalue weighted by Gasteiger charge is 2.49. The number of pyridine rings is 1. The average molecular weight is 660 g/mol. The molecule has 0 bridgehead atoms. The van der Waals surface area contributed by atoms with E-state index in [0.29, 0.717) is 42.6 Å². The molecule has 13 heteroatoms. The fraction of sp³-hybridized carbons (Fsp3) is 0.429. The largest absolute Gasteiger partial charge is 0.461 e. The molecule has 48 heavy (non-hydrogen) atoms. The van der Waals surface area contributed by atoms with Crippen molar-refractivity contribution in [3.05, 3.63) is 47.7 Å². The van der Waals surface area contributed by atoms with Crippen molar-refractivity contribution in [1.29, 1.82) is 0 Å². The minimum atomic E-state index is -0.935. The SMILES string of the molecule is C#Cc1c(F)ccc2cc(OC(=O)N(C)C)cc(-c3ncc4c(N5CCCCCN5)nc(OC[C@@]56CCCN5C[C@H](F)C6)nc4c3F)c12. The Balaban J connectivity index is 1.39. The first-order chi connectivity index (χ1) is 23.2. The van der Waals surface area contributed by atoms with Gasteiger partial charge in [-0.1, -0.05) is 18.4 Å². The first-order valence-corrected chi connectivity index (χ1v) is 16.2. The molecule has 2 aromatic carbocycles. The van der Waals surface area contributed by atoms with Gasteiger partial charge in [-0.05, 0) is 55.8 Å². The van der Waals surface area contributed by atoms with Crippen molar-refractivity contribution in [3.63, 3.8) is 0 Å². The number of carbonyl (C=O) groups is 1. The van der Waals surface area contributed by atoms with E-state index in [1.807, 2.05) is 5.01 Å². The van der Waals surface area contributed by atoms with Crippen molar-refractivity contribution in [2.24, 2.45) is 0 Å². The van der Waals surface area contributed by atoms with E-state index >= 15 is 8.78 Å². The van der Waals surface area contributed by atoms with Gasteiger partial charge in [0, 0.05) is 57.3 Å². The Kier molecular flexibility index (Phi) is 8.47. The maximum Gasteiger partial charge on any atom is 0.414 e. The van der Waals surface area contributed by atoms with E-state index in [4.69, 9.17) is 20.9 Å². The van der Waals surface area contributed by atoms with Gasteiger partial charge in [0.05, 0.1) is 16.5 Å². The molecule has 0 unspecified atom stereocenters. The number of aromatic nitrogens is 3. The summed E-state index contributed by atoms with van der Waals surface area (Å²) in [7, 11) is 3.06. The van der Waals surface area contributed by atoms with Crippen LogP contribution in [0.4, 0.5) is 23.8 Å². The van der Waals surface area contributed by atoms with Crippen molar-refractivity contribution in [3.8, 4) is 35.4 Å². The molecule has 1 amide bonds. The Morgan fingerprint density at radius 1 is 1.17 bits per heavy atom. The van der Waals surface area contributed by atoms with Gasteiger partial charge in [0.15, 0.2) is 11.6 Å². The minimum absolute atomic E-state index is 0.0444. The zero-order valence-corrected chi connectivity index (χ0v) is 26.9. The maximum atomic E-state index is 17.0. The highest BCUT2D eigenvalue weighted by Crippen LogP contribution is 2.42. The number of rotatable bonds is 6. The Morgan fingerprint density at radius 3 is 2.83 bits per heavy atom. The molecule has 5 heterocycles. The molecule has 250 valence electrons. The Bertz CT molecular complexity index is 1940. The maximum absolute atomic E-state index is 17.0. The summed E-state index contributed by atoms with van der Waals surface area (Å²) in [6, 6.07) is 5.60. The van der Waals surface area contributed by atoms with Crippen LogP contribution in [0.5, 0.6) is 11.8 Å². The summed E-state index contributed by atoms with van der Waals surface area (Å²) < 4.78 is 58.3. The van der Waals surface area contributed by atoms with Crippen molar-refractivity contribution in [2.75, 3.05) is 51.9 Å². The van der Waals surface area contributed by atoms with E-state index in [9.17, 15) is 9.18 Å². The van der Waals surface area contributed by atoms with Gasteiger partial charge in [-0.3, -0.25) is 14.9 Å². The van der Waals surface area contributed by atoms with Crippen molar-refractivity contribution in [2.45, 2.75) is 50.2 Å². The molecule has 2 atom stereocenters. The summed E-state index contributed by atoms with van der Waals surface area (Å²) in [5.74, 6) is 1.40. The van der Waals surface area contributed by atoms with Gasteiger partial charge < -0.3 is 14.4 Å². The smallest absolute Gasteiger partial charge is 0.414 e. The Morgan fingerprint density at radius 2 is 2.02 bits per heavy atom. The number of hydrazine groups is 1. The minimum Gasteiger partial charge on any atom is -0.461 e. The quantitative estimate of drug-likeness (QED) is 0.265. The second-order valence-corrected chi connectivity index (χ2v) is 12.9. The first-order valence-electron chi connectivity index (χ1n) is 16.2. The van der Waals surface area contributed by atoms with Gasteiger partial charge in [0.1, 0.15) is 35.6 Å². The fourth-order valence-electron chi connectivity index (χ4n) is 7.17. The van der Waals surface area contributed by atoms with E-state index in [1.165, 1.54) is 49.5 Å². The lowest BCUT2D eigenvalue weighted by Gasteiger charge is -2.31. The van der Waals surface area contributed by atoms with Gasteiger partial charge in [-0.2, -0.15) is 9.97 Å². The monoisotopic (exact) mass is 659 g/mol. The number of nitrogens with zero attached hydrogens (tertiary/aromatic N) is 6. The summed E-state index contributed by atoms with van der Waals surface area (Å²) in [4.78, 5) is 29.6. The van der Waals surface area contributed by atoms with Crippen LogP contribution in [0.2, 0.25) is 0 Å². The van der Waals surface area contributed by atoms with Gasteiger partial charge >= 0.3 is 12.1 Å². The molecule has 0 radical (unpaired) electrons. The predicted octanol–water partition coefficient (Wildman–Crippen LogP) is 5.62. The summed E-state index contributed by atoms with van der Waals surface area (Å²) >= 11 is 0. The molecular formula is C35H36F3N7O3. The second-order valence-electron chi connectivity index (χ2n) is 12.9. The molecule has 10 nitrogen and oxygen atoms in total. The summed E-state index contributed by atoms with van der Waals surface area (Å²) in [6.07, 6.45) is 10.6. The second kappa shape index (κ2) is 12.7. The number of hydrogen-bond acceptors (Lipinski definition) is 9. The number of ether oxygens (including phenoxy) is 2. The lowest BCUT2D eigenvalue weighted by molar-refractivity contribution is 0.107. The topological polar surface area (TPSA) is 96.0 Å². The number of hydrogen-bond donors (Lipinski definition) is 1. The van der Waals surface area contributed by atoms with Crippen LogP contribution in [-0.2, 0) is 0 Å². The number of alkyl halides is 1. The summed E-state index contributed by atoms with van der Waals surface area (Å²) in [5.41, 5.74) is 2.71. The number of terminal acetylenes is 1. The Hall–Kier alpha value is -4.67. The zero-order valence-electron chi connectivity index (χ0n) is 26.9. The van der Waals surface area contributed by atoms with Crippen LogP contribution in [0.25, 0.3) is 32.9 Å². The number of amides is 1. The number of benzene rings is 2. The number of carbonyl (C=O) groups excluding carboxylic acids is 1. The normalized spacial score (nSPS) is 21.2. The number of nitrogens with one attached hydrogen (secondary N) is 1. The molecule has 0 aliphatic carbocycles. The van der Waals surface area contributed by atoms with Crippen LogP contribution in [-0.4, -0.2) is 89.4 Å². The fourth-order valence-corrected chi connectivity index (χ4v) is 7.17. The third kappa shape index (κ3) is 5.73. The summed E-state index contributed by atoms with van der Waals surface area (Å²) in [6.45, 7) is 2.65. The lowest BCUT2D eigenvalue weighted by atomic mass is 9.95. The highest BCUT2D eigenvalue weighted by atomic mass is 19.1. The van der Waals surface area contributed by atoms with Gasteiger partial charge in [0.2, 0.25) is 0 Å². The Labute approximate surface area is 276 Å². The number of fused-ring (bicyclic) bond motifs is 3. The molecule has 3 saturated heterocycles. The van der Waals surface area contributed by atoms with Crippen LogP contribution < -0.4 is 19.9 Å². The van der Waals surface area contributed by atoms with Gasteiger partial charge in [0.25, 0.3) is 0 Å². The zero-order chi connectivity index (χ0) is 33.6. The van der Waals surface area contributed by atoms with Crippen molar-refractivity contribution < 1.29 is 27.4 Å². The van der Waals surface area contributed by atoms with E-state index < -0.39 is 29.4 Å². The molecule has 3 fully saturated rings. The van der Waals surface area contributed by atoms with Crippen LogP contribution >= 0.6 is 0 Å². The third-order valence-corrected chi connectivity index (χ3v) is 9.50.